The lowest BCUT2D eigenvalue weighted by Gasteiger charge is -2.20. The summed E-state index contributed by atoms with van der Waals surface area (Å²) in [6, 6.07) is 7.35. The van der Waals surface area contributed by atoms with Crippen LogP contribution < -0.4 is 4.90 Å². The fourth-order valence-corrected chi connectivity index (χ4v) is 3.34. The highest BCUT2D eigenvalue weighted by Crippen LogP contribution is 2.32. The summed E-state index contributed by atoms with van der Waals surface area (Å²) in [6.07, 6.45) is 2.73. The van der Waals surface area contributed by atoms with E-state index in [0.717, 1.165) is 41.3 Å². The lowest BCUT2D eigenvalue weighted by Crippen LogP contribution is -2.22. The molecular formula is C17H17FN4. The minimum Gasteiger partial charge on any atom is -0.363 e. The molecule has 0 bridgehead atoms. The predicted octanol–water partition coefficient (Wildman–Crippen LogP) is 3.05. The van der Waals surface area contributed by atoms with Crippen LogP contribution in [0.4, 0.5) is 10.1 Å². The molecule has 0 N–H and O–H groups in total. The Hall–Kier alpha value is -2.43. The summed E-state index contributed by atoms with van der Waals surface area (Å²) in [5.74, 6) is 0.565. The Morgan fingerprint density at radius 1 is 1.27 bits per heavy atom. The standard InChI is InChI=1S/C17H17FN4/c1-11-8-12(2)22-14(9-19-17(22)20-11)10-21-7-6-13-4-3-5-15(18)16(13)21/h3-5,8-9H,6-7,10H2,1-2H3. The molecule has 0 saturated heterocycles. The molecule has 1 aliphatic heterocycles. The van der Waals surface area contributed by atoms with Crippen LogP contribution in [0, 0.1) is 19.7 Å². The van der Waals surface area contributed by atoms with E-state index >= 15 is 0 Å². The van der Waals surface area contributed by atoms with Gasteiger partial charge in [0.2, 0.25) is 5.78 Å². The molecule has 4 rings (SSSR count). The van der Waals surface area contributed by atoms with Gasteiger partial charge in [-0.15, -0.1) is 0 Å². The second-order valence-electron chi connectivity index (χ2n) is 5.84. The zero-order valence-corrected chi connectivity index (χ0v) is 12.7. The molecule has 4 nitrogen and oxygen atoms in total. The van der Waals surface area contributed by atoms with E-state index in [2.05, 4.69) is 14.9 Å². The Morgan fingerprint density at radius 3 is 3.00 bits per heavy atom. The molecule has 0 amide bonds. The number of rotatable bonds is 2. The molecule has 1 aromatic carbocycles. The lowest BCUT2D eigenvalue weighted by atomic mass is 10.1. The van der Waals surface area contributed by atoms with Gasteiger partial charge in [0.1, 0.15) is 5.82 Å². The summed E-state index contributed by atoms with van der Waals surface area (Å²) < 4.78 is 16.2. The fraction of sp³-hybridized carbons (Fsp3) is 0.294. The Morgan fingerprint density at radius 2 is 2.14 bits per heavy atom. The monoisotopic (exact) mass is 296 g/mol. The largest absolute Gasteiger partial charge is 0.363 e. The van der Waals surface area contributed by atoms with Crippen LogP contribution in [0.15, 0.2) is 30.5 Å². The molecule has 112 valence electrons. The topological polar surface area (TPSA) is 33.4 Å². The zero-order chi connectivity index (χ0) is 15.3. The van der Waals surface area contributed by atoms with Crippen molar-refractivity contribution in [2.24, 2.45) is 0 Å². The predicted molar refractivity (Wildman–Crippen MR) is 83.6 cm³/mol. The first kappa shape index (κ1) is 13.2. The van der Waals surface area contributed by atoms with Gasteiger partial charge in [0.05, 0.1) is 24.1 Å². The number of aryl methyl sites for hydroxylation is 2. The van der Waals surface area contributed by atoms with Crippen molar-refractivity contribution in [3.63, 3.8) is 0 Å². The van der Waals surface area contributed by atoms with Gasteiger partial charge in [-0.1, -0.05) is 12.1 Å². The molecule has 0 unspecified atom stereocenters. The Kier molecular flexibility index (Phi) is 2.89. The molecule has 2 aromatic heterocycles. The molecule has 0 spiro atoms. The van der Waals surface area contributed by atoms with Crippen molar-refractivity contribution in [3.8, 4) is 0 Å². The van der Waals surface area contributed by atoms with E-state index in [4.69, 9.17) is 0 Å². The molecule has 3 aromatic rings. The molecule has 5 heteroatoms. The van der Waals surface area contributed by atoms with Crippen LogP contribution in [-0.4, -0.2) is 20.9 Å². The Labute approximate surface area is 128 Å². The third-order valence-corrected chi connectivity index (χ3v) is 4.25. The fourth-order valence-electron chi connectivity index (χ4n) is 3.34. The highest BCUT2D eigenvalue weighted by molar-refractivity contribution is 5.59. The minimum atomic E-state index is -0.144. The zero-order valence-electron chi connectivity index (χ0n) is 12.7. The minimum absolute atomic E-state index is 0.144. The molecule has 0 atom stereocenters. The van der Waals surface area contributed by atoms with Crippen LogP contribution in [0.3, 0.4) is 0 Å². The van der Waals surface area contributed by atoms with Crippen LogP contribution in [0.1, 0.15) is 22.6 Å². The first-order valence-corrected chi connectivity index (χ1v) is 7.46. The number of aromatic nitrogens is 3. The van der Waals surface area contributed by atoms with Gasteiger partial charge in [-0.05, 0) is 38.0 Å². The number of hydrogen-bond donors (Lipinski definition) is 0. The second kappa shape index (κ2) is 4.80. The van der Waals surface area contributed by atoms with Crippen molar-refractivity contribution in [1.82, 2.24) is 14.4 Å². The van der Waals surface area contributed by atoms with E-state index in [9.17, 15) is 4.39 Å². The lowest BCUT2D eigenvalue weighted by molar-refractivity contribution is 0.621. The van der Waals surface area contributed by atoms with Crippen molar-refractivity contribution in [2.45, 2.75) is 26.8 Å². The van der Waals surface area contributed by atoms with Crippen molar-refractivity contribution in [3.05, 3.63) is 58.9 Å². The van der Waals surface area contributed by atoms with E-state index in [-0.39, 0.29) is 5.82 Å². The van der Waals surface area contributed by atoms with Crippen LogP contribution in [-0.2, 0) is 13.0 Å². The number of imidazole rings is 1. The van der Waals surface area contributed by atoms with Gasteiger partial charge in [-0.2, -0.15) is 0 Å². The summed E-state index contributed by atoms with van der Waals surface area (Å²) in [5.41, 5.74) is 4.91. The van der Waals surface area contributed by atoms with Crippen molar-refractivity contribution >= 4 is 11.5 Å². The smallest absolute Gasteiger partial charge is 0.234 e. The van der Waals surface area contributed by atoms with Gasteiger partial charge in [0, 0.05) is 17.9 Å². The Balaban J connectivity index is 1.75. The normalized spacial score (nSPS) is 13.9. The van der Waals surface area contributed by atoms with Gasteiger partial charge in [0.25, 0.3) is 0 Å². The molecule has 0 saturated carbocycles. The van der Waals surface area contributed by atoms with E-state index in [1.54, 1.807) is 6.07 Å². The number of fused-ring (bicyclic) bond motifs is 2. The molecule has 0 aliphatic carbocycles. The number of nitrogens with zero attached hydrogens (tertiary/aromatic N) is 4. The quantitative estimate of drug-likeness (QED) is 0.729. The number of halogens is 1. The molecule has 0 radical (unpaired) electrons. The maximum Gasteiger partial charge on any atom is 0.234 e. The number of hydrogen-bond acceptors (Lipinski definition) is 3. The first-order valence-electron chi connectivity index (χ1n) is 7.46. The number of benzene rings is 1. The number of anilines is 1. The third-order valence-electron chi connectivity index (χ3n) is 4.25. The van der Waals surface area contributed by atoms with Crippen LogP contribution >= 0.6 is 0 Å². The van der Waals surface area contributed by atoms with Gasteiger partial charge < -0.3 is 4.90 Å². The van der Waals surface area contributed by atoms with Crippen molar-refractivity contribution < 1.29 is 4.39 Å². The average Bonchev–Trinajstić information content (AvgIpc) is 3.05. The van der Waals surface area contributed by atoms with Gasteiger partial charge >= 0.3 is 0 Å². The summed E-state index contributed by atoms with van der Waals surface area (Å²) in [6.45, 7) is 5.49. The molecule has 0 fully saturated rings. The summed E-state index contributed by atoms with van der Waals surface area (Å²) >= 11 is 0. The summed E-state index contributed by atoms with van der Waals surface area (Å²) in [4.78, 5) is 10.9. The maximum atomic E-state index is 14.1. The first-order chi connectivity index (χ1) is 10.6. The molecule has 22 heavy (non-hydrogen) atoms. The van der Waals surface area contributed by atoms with E-state index < -0.39 is 0 Å². The van der Waals surface area contributed by atoms with Gasteiger partial charge in [-0.3, -0.25) is 4.40 Å². The van der Waals surface area contributed by atoms with Crippen molar-refractivity contribution in [1.29, 1.82) is 0 Å². The van der Waals surface area contributed by atoms with E-state index in [1.165, 1.54) is 6.07 Å². The SMILES string of the molecule is Cc1cc(C)n2c(CN3CCc4cccc(F)c43)cnc2n1. The summed E-state index contributed by atoms with van der Waals surface area (Å²) in [5, 5.41) is 0. The van der Waals surface area contributed by atoms with Crippen molar-refractivity contribution in [2.75, 3.05) is 11.4 Å². The third kappa shape index (κ3) is 1.96. The number of para-hydroxylation sites is 1. The van der Waals surface area contributed by atoms with Crippen LogP contribution in [0.2, 0.25) is 0 Å². The van der Waals surface area contributed by atoms with E-state index in [0.29, 0.717) is 12.3 Å². The van der Waals surface area contributed by atoms with Crippen LogP contribution in [0.25, 0.3) is 5.78 Å². The van der Waals surface area contributed by atoms with Gasteiger partial charge in [-0.25, -0.2) is 14.4 Å². The average molecular weight is 296 g/mol. The molecule has 3 heterocycles. The highest BCUT2D eigenvalue weighted by Gasteiger charge is 2.23. The second-order valence-corrected chi connectivity index (χ2v) is 5.84. The van der Waals surface area contributed by atoms with Crippen LogP contribution in [0.5, 0.6) is 0 Å². The summed E-state index contributed by atoms with van der Waals surface area (Å²) in [7, 11) is 0. The molecular weight excluding hydrogens is 279 g/mol. The van der Waals surface area contributed by atoms with E-state index in [1.807, 2.05) is 36.6 Å². The molecule has 1 aliphatic rings. The van der Waals surface area contributed by atoms with Gasteiger partial charge in [0.15, 0.2) is 0 Å². The maximum absolute atomic E-state index is 14.1. The highest BCUT2D eigenvalue weighted by atomic mass is 19.1. The Bertz CT molecular complexity index is 868.